The van der Waals surface area contributed by atoms with Crippen LogP contribution in [-0.4, -0.2) is 39.2 Å². The monoisotopic (exact) mass is 383 g/mol. The highest BCUT2D eigenvalue weighted by molar-refractivity contribution is 6.31. The zero-order valence-electron chi connectivity index (χ0n) is 14.5. The summed E-state index contributed by atoms with van der Waals surface area (Å²) in [6, 6.07) is 7.21. The zero-order chi connectivity index (χ0) is 18.8. The summed E-state index contributed by atoms with van der Waals surface area (Å²) in [7, 11) is 0. The molecule has 1 fully saturated rings. The Balaban J connectivity index is 1.66. The number of rotatable bonds is 5. The van der Waals surface area contributed by atoms with E-state index in [1.807, 2.05) is 0 Å². The number of benzene rings is 1. The maximum atomic E-state index is 12.4. The van der Waals surface area contributed by atoms with Gasteiger partial charge in [-0.2, -0.15) is 10.2 Å². The largest absolute Gasteiger partial charge is 0.354 e. The number of hydrogen-bond acceptors (Lipinski definition) is 6. The summed E-state index contributed by atoms with van der Waals surface area (Å²) >= 11 is 6.25. The van der Waals surface area contributed by atoms with Crippen molar-refractivity contribution in [2.24, 2.45) is 5.92 Å². The van der Waals surface area contributed by atoms with Crippen LogP contribution in [0, 0.1) is 17.2 Å². The fourth-order valence-corrected chi connectivity index (χ4v) is 3.52. The molecule has 3 heterocycles. The first-order valence-corrected chi connectivity index (χ1v) is 9.11. The second kappa shape index (κ2) is 7.39. The molecule has 1 aliphatic rings. The Morgan fingerprint density at radius 1 is 1.44 bits per heavy atom. The second-order valence-electron chi connectivity index (χ2n) is 6.56. The molecule has 0 aliphatic carbocycles. The van der Waals surface area contributed by atoms with Crippen LogP contribution in [0.25, 0.3) is 11.2 Å². The lowest BCUT2D eigenvalue weighted by atomic mass is 10.1. The lowest BCUT2D eigenvalue weighted by Crippen LogP contribution is -2.20. The molecule has 1 atom stereocenters. The van der Waals surface area contributed by atoms with Crippen molar-refractivity contribution >= 4 is 28.7 Å². The van der Waals surface area contributed by atoms with Crippen LogP contribution in [0.3, 0.4) is 0 Å². The van der Waals surface area contributed by atoms with Crippen LogP contribution in [0.2, 0.25) is 5.02 Å². The zero-order valence-corrected chi connectivity index (χ0v) is 15.3. The number of nitrogens with zero attached hydrogens (tertiary/aromatic N) is 4. The summed E-state index contributed by atoms with van der Waals surface area (Å²) in [5, 5.41) is 16.3. The van der Waals surface area contributed by atoms with E-state index in [2.05, 4.69) is 31.7 Å². The molecule has 9 heteroatoms. The maximum Gasteiger partial charge on any atom is 0.328 e. The Morgan fingerprint density at radius 3 is 3.11 bits per heavy atom. The Hall–Kier alpha value is -2.89. The topological polar surface area (TPSA) is 111 Å². The molecule has 8 nitrogen and oxygen atoms in total. The predicted molar refractivity (Wildman–Crippen MR) is 103 cm³/mol. The maximum absolute atomic E-state index is 12.4. The van der Waals surface area contributed by atoms with Crippen LogP contribution in [0.5, 0.6) is 0 Å². The van der Waals surface area contributed by atoms with Gasteiger partial charge in [0.05, 0.1) is 24.4 Å². The number of aromatic amines is 1. The first-order valence-electron chi connectivity index (χ1n) is 8.73. The van der Waals surface area contributed by atoms with E-state index in [0.29, 0.717) is 39.2 Å². The summed E-state index contributed by atoms with van der Waals surface area (Å²) in [5.41, 5.74) is 1.73. The quantitative estimate of drug-likeness (QED) is 0.618. The van der Waals surface area contributed by atoms with Crippen molar-refractivity contribution in [3.8, 4) is 6.07 Å². The molecule has 0 amide bonds. The number of imidazole rings is 1. The van der Waals surface area contributed by atoms with Gasteiger partial charge in [0, 0.05) is 17.1 Å². The minimum atomic E-state index is -0.319. The molecule has 4 rings (SSSR count). The number of nitrogens with one attached hydrogen (secondary N) is 3. The summed E-state index contributed by atoms with van der Waals surface area (Å²) in [6.45, 7) is 2.94. The van der Waals surface area contributed by atoms with Gasteiger partial charge in [0.25, 0.3) is 0 Å². The summed E-state index contributed by atoms with van der Waals surface area (Å²) in [6.07, 6.45) is 2.71. The van der Waals surface area contributed by atoms with Crippen molar-refractivity contribution in [2.75, 3.05) is 25.0 Å². The summed E-state index contributed by atoms with van der Waals surface area (Å²) < 4.78 is 1.47. The van der Waals surface area contributed by atoms with Gasteiger partial charge in [-0.25, -0.2) is 9.78 Å². The first kappa shape index (κ1) is 17.5. The first-order chi connectivity index (χ1) is 13.2. The average molecular weight is 384 g/mol. The van der Waals surface area contributed by atoms with Crippen molar-refractivity contribution in [1.82, 2.24) is 24.8 Å². The van der Waals surface area contributed by atoms with Gasteiger partial charge in [-0.05, 0) is 37.6 Å². The number of fused-ring (bicyclic) bond motifs is 1. The highest BCUT2D eigenvalue weighted by Crippen LogP contribution is 2.21. The third-order valence-corrected chi connectivity index (χ3v) is 5.13. The normalized spacial score (nSPS) is 16.5. The Morgan fingerprint density at radius 2 is 2.33 bits per heavy atom. The molecule has 1 aliphatic heterocycles. The SMILES string of the molecule is N#Cc1cccc(Cl)c1Cn1c(=O)[nH]c2cnc(NC[C@@H]3CCNC3)nc21. The van der Waals surface area contributed by atoms with Crippen LogP contribution in [0.4, 0.5) is 5.95 Å². The van der Waals surface area contributed by atoms with Crippen LogP contribution in [0.1, 0.15) is 17.5 Å². The molecule has 1 saturated heterocycles. The Labute approximate surface area is 160 Å². The van der Waals surface area contributed by atoms with Crippen molar-refractivity contribution in [2.45, 2.75) is 13.0 Å². The fourth-order valence-electron chi connectivity index (χ4n) is 3.28. The second-order valence-corrected chi connectivity index (χ2v) is 6.97. The van der Waals surface area contributed by atoms with Gasteiger partial charge in [0.15, 0.2) is 5.65 Å². The predicted octanol–water partition coefficient (Wildman–Crippen LogP) is 1.71. The molecular weight excluding hydrogens is 366 g/mol. The van der Waals surface area contributed by atoms with E-state index < -0.39 is 0 Å². The number of halogens is 1. The van der Waals surface area contributed by atoms with Gasteiger partial charge < -0.3 is 15.6 Å². The third-order valence-electron chi connectivity index (χ3n) is 4.78. The van der Waals surface area contributed by atoms with Gasteiger partial charge in [0.2, 0.25) is 5.95 Å². The van der Waals surface area contributed by atoms with Crippen molar-refractivity contribution in [1.29, 1.82) is 5.26 Å². The van der Waals surface area contributed by atoms with E-state index in [9.17, 15) is 10.1 Å². The fraction of sp³-hybridized carbons (Fsp3) is 0.333. The van der Waals surface area contributed by atoms with Crippen LogP contribution >= 0.6 is 11.6 Å². The highest BCUT2D eigenvalue weighted by Gasteiger charge is 2.16. The van der Waals surface area contributed by atoms with Crippen LogP contribution < -0.4 is 16.3 Å². The van der Waals surface area contributed by atoms with E-state index in [-0.39, 0.29) is 12.2 Å². The molecule has 1 aromatic carbocycles. The van der Waals surface area contributed by atoms with Crippen molar-refractivity contribution in [3.63, 3.8) is 0 Å². The van der Waals surface area contributed by atoms with Gasteiger partial charge in [0.1, 0.15) is 5.52 Å². The standard InChI is InChI=1S/C18H18ClN7O/c19-14-3-1-2-12(6-20)13(14)10-26-16-15(24-18(26)27)9-23-17(25-16)22-8-11-4-5-21-7-11/h1-3,9,11,21H,4-5,7-8,10H2,(H,24,27)(H,22,23,25)/t11-/m1/s1. The smallest absolute Gasteiger partial charge is 0.328 e. The molecular formula is C18H18ClN7O. The Bertz CT molecular complexity index is 1080. The van der Waals surface area contributed by atoms with Gasteiger partial charge in [-0.15, -0.1) is 0 Å². The molecule has 3 aromatic rings. The summed E-state index contributed by atoms with van der Waals surface area (Å²) in [5.74, 6) is 1.01. The molecule has 0 spiro atoms. The van der Waals surface area contributed by atoms with Crippen molar-refractivity contribution in [3.05, 3.63) is 51.0 Å². The highest BCUT2D eigenvalue weighted by atomic mass is 35.5. The molecule has 3 N–H and O–H groups in total. The number of anilines is 1. The number of nitriles is 1. The lowest BCUT2D eigenvalue weighted by Gasteiger charge is -2.10. The average Bonchev–Trinajstić information content (AvgIpc) is 3.29. The number of hydrogen-bond donors (Lipinski definition) is 3. The van der Waals surface area contributed by atoms with Gasteiger partial charge in [-0.1, -0.05) is 17.7 Å². The molecule has 138 valence electrons. The Kier molecular flexibility index (Phi) is 4.79. The molecule has 0 bridgehead atoms. The van der Waals surface area contributed by atoms with Crippen LogP contribution in [0.15, 0.2) is 29.2 Å². The molecule has 2 aromatic heterocycles. The number of H-pyrrole nitrogens is 1. The lowest BCUT2D eigenvalue weighted by molar-refractivity contribution is 0.613. The molecule has 0 radical (unpaired) electrons. The minimum Gasteiger partial charge on any atom is -0.354 e. The van der Waals surface area contributed by atoms with Crippen molar-refractivity contribution < 1.29 is 0 Å². The van der Waals surface area contributed by atoms with E-state index in [0.717, 1.165) is 26.1 Å². The third kappa shape index (κ3) is 3.52. The van der Waals surface area contributed by atoms with Gasteiger partial charge in [-0.3, -0.25) is 4.57 Å². The van der Waals surface area contributed by atoms with Crippen LogP contribution in [-0.2, 0) is 6.54 Å². The van der Waals surface area contributed by atoms with Gasteiger partial charge >= 0.3 is 5.69 Å². The molecule has 0 unspecified atom stereocenters. The van der Waals surface area contributed by atoms with E-state index in [4.69, 9.17) is 11.6 Å². The van der Waals surface area contributed by atoms with E-state index >= 15 is 0 Å². The number of aromatic nitrogens is 4. The summed E-state index contributed by atoms with van der Waals surface area (Å²) in [4.78, 5) is 23.9. The minimum absolute atomic E-state index is 0.157. The molecule has 0 saturated carbocycles. The van der Waals surface area contributed by atoms with E-state index in [1.165, 1.54) is 4.57 Å². The molecule has 27 heavy (non-hydrogen) atoms. The van der Waals surface area contributed by atoms with E-state index in [1.54, 1.807) is 24.4 Å².